The third kappa shape index (κ3) is 2.82. The molecule has 0 saturated heterocycles. The van der Waals surface area contributed by atoms with Gasteiger partial charge in [-0.25, -0.2) is 4.98 Å². The molecule has 0 atom stereocenters. The Kier molecular flexibility index (Phi) is 3.37. The first kappa shape index (κ1) is 11.2. The molecule has 2 aromatic rings. The fraction of sp³-hybridized carbons (Fsp3) is 0.143. The first-order valence-corrected chi connectivity index (χ1v) is 5.45. The minimum atomic E-state index is 0.575. The first-order chi connectivity index (χ1) is 8.29. The number of nitriles is 1. The monoisotopic (exact) mass is 223 g/mol. The molecule has 0 aliphatic heterocycles. The van der Waals surface area contributed by atoms with Gasteiger partial charge in [0.1, 0.15) is 11.9 Å². The van der Waals surface area contributed by atoms with Crippen molar-refractivity contribution < 1.29 is 0 Å². The number of nitrogens with one attached hydrogen (secondary N) is 1. The Balaban J connectivity index is 2.14. The van der Waals surface area contributed by atoms with Crippen LogP contribution >= 0.6 is 0 Å². The van der Waals surface area contributed by atoms with Gasteiger partial charge in [-0.3, -0.25) is 0 Å². The molecule has 1 aromatic heterocycles. The fourth-order valence-corrected chi connectivity index (χ4v) is 1.56. The average Bonchev–Trinajstić information content (AvgIpc) is 2.38. The zero-order chi connectivity index (χ0) is 12.1. The maximum Gasteiger partial charge on any atom is 0.144 e. The van der Waals surface area contributed by atoms with Crippen molar-refractivity contribution in [2.24, 2.45) is 0 Å². The molecule has 84 valence electrons. The van der Waals surface area contributed by atoms with Gasteiger partial charge in [-0.15, -0.1) is 0 Å². The second-order valence-electron chi connectivity index (χ2n) is 3.80. The van der Waals surface area contributed by atoms with Crippen molar-refractivity contribution in [3.05, 3.63) is 59.3 Å². The molecule has 1 heterocycles. The minimum Gasteiger partial charge on any atom is -0.365 e. The summed E-state index contributed by atoms with van der Waals surface area (Å²) in [6.07, 6.45) is 0. The number of aryl methyl sites for hydroxylation is 1. The van der Waals surface area contributed by atoms with E-state index in [4.69, 9.17) is 5.26 Å². The summed E-state index contributed by atoms with van der Waals surface area (Å²) in [5.74, 6) is 0.649. The Morgan fingerprint density at radius 2 is 1.94 bits per heavy atom. The Labute approximate surface area is 101 Å². The van der Waals surface area contributed by atoms with Gasteiger partial charge in [0, 0.05) is 12.2 Å². The van der Waals surface area contributed by atoms with Crippen LogP contribution in [0.1, 0.15) is 16.8 Å². The molecule has 2 rings (SSSR count). The lowest BCUT2D eigenvalue weighted by molar-refractivity contribution is 1.08. The Morgan fingerprint density at radius 3 is 2.65 bits per heavy atom. The van der Waals surface area contributed by atoms with Gasteiger partial charge in [-0.1, -0.05) is 30.3 Å². The van der Waals surface area contributed by atoms with E-state index in [0.717, 1.165) is 5.69 Å². The predicted octanol–water partition coefficient (Wildman–Crippen LogP) is 2.87. The zero-order valence-corrected chi connectivity index (χ0v) is 9.64. The Bertz CT molecular complexity index is 541. The molecule has 17 heavy (non-hydrogen) atoms. The van der Waals surface area contributed by atoms with Crippen LogP contribution in [0.2, 0.25) is 0 Å². The van der Waals surface area contributed by atoms with Crippen molar-refractivity contribution in [2.75, 3.05) is 5.32 Å². The maximum absolute atomic E-state index is 8.98. The van der Waals surface area contributed by atoms with E-state index in [0.29, 0.717) is 17.9 Å². The SMILES string of the molecule is Cc1ccc(C#N)c(NCc2ccccc2)n1. The number of hydrogen-bond donors (Lipinski definition) is 1. The van der Waals surface area contributed by atoms with Crippen LogP contribution < -0.4 is 5.32 Å². The van der Waals surface area contributed by atoms with E-state index in [1.807, 2.05) is 43.3 Å². The number of nitrogens with zero attached hydrogens (tertiary/aromatic N) is 2. The van der Waals surface area contributed by atoms with Crippen molar-refractivity contribution in [2.45, 2.75) is 13.5 Å². The third-order valence-electron chi connectivity index (χ3n) is 2.46. The minimum absolute atomic E-state index is 0.575. The molecule has 0 radical (unpaired) electrons. The van der Waals surface area contributed by atoms with Gasteiger partial charge in [-0.05, 0) is 24.6 Å². The van der Waals surface area contributed by atoms with Gasteiger partial charge in [0.25, 0.3) is 0 Å². The van der Waals surface area contributed by atoms with E-state index in [1.54, 1.807) is 6.07 Å². The van der Waals surface area contributed by atoms with Gasteiger partial charge in [-0.2, -0.15) is 5.26 Å². The van der Waals surface area contributed by atoms with E-state index in [9.17, 15) is 0 Å². The molecule has 1 aromatic carbocycles. The lowest BCUT2D eigenvalue weighted by Crippen LogP contribution is -2.04. The van der Waals surface area contributed by atoms with Crippen LogP contribution in [0.25, 0.3) is 0 Å². The molecule has 0 aliphatic carbocycles. The summed E-state index contributed by atoms with van der Waals surface area (Å²) in [6, 6.07) is 15.8. The molecule has 1 N–H and O–H groups in total. The summed E-state index contributed by atoms with van der Waals surface area (Å²) in [5.41, 5.74) is 2.64. The van der Waals surface area contributed by atoms with Crippen LogP contribution in [-0.2, 0) is 6.54 Å². The van der Waals surface area contributed by atoms with E-state index < -0.39 is 0 Å². The topological polar surface area (TPSA) is 48.7 Å². The molecular weight excluding hydrogens is 210 g/mol. The van der Waals surface area contributed by atoms with Gasteiger partial charge in [0.05, 0.1) is 5.56 Å². The summed E-state index contributed by atoms with van der Waals surface area (Å²) in [7, 11) is 0. The van der Waals surface area contributed by atoms with E-state index >= 15 is 0 Å². The number of benzene rings is 1. The summed E-state index contributed by atoms with van der Waals surface area (Å²) < 4.78 is 0. The van der Waals surface area contributed by atoms with Crippen LogP contribution in [0.15, 0.2) is 42.5 Å². The molecule has 3 heteroatoms. The molecule has 0 amide bonds. The lowest BCUT2D eigenvalue weighted by Gasteiger charge is -2.07. The van der Waals surface area contributed by atoms with Crippen molar-refractivity contribution in [1.82, 2.24) is 4.98 Å². The number of hydrogen-bond acceptors (Lipinski definition) is 3. The van der Waals surface area contributed by atoms with Crippen molar-refractivity contribution in [1.29, 1.82) is 5.26 Å². The molecule has 0 saturated carbocycles. The van der Waals surface area contributed by atoms with Crippen LogP contribution in [0.4, 0.5) is 5.82 Å². The predicted molar refractivity (Wildman–Crippen MR) is 67.5 cm³/mol. The van der Waals surface area contributed by atoms with Crippen LogP contribution in [0.3, 0.4) is 0 Å². The quantitative estimate of drug-likeness (QED) is 0.870. The maximum atomic E-state index is 8.98. The summed E-state index contributed by atoms with van der Waals surface area (Å²) in [4.78, 5) is 4.33. The second-order valence-corrected chi connectivity index (χ2v) is 3.80. The number of pyridine rings is 1. The van der Waals surface area contributed by atoms with Gasteiger partial charge in [0.2, 0.25) is 0 Å². The van der Waals surface area contributed by atoms with Crippen molar-refractivity contribution in [3.8, 4) is 6.07 Å². The number of rotatable bonds is 3. The lowest BCUT2D eigenvalue weighted by atomic mass is 10.2. The van der Waals surface area contributed by atoms with Crippen molar-refractivity contribution in [3.63, 3.8) is 0 Å². The summed E-state index contributed by atoms with van der Waals surface area (Å²) in [6.45, 7) is 2.58. The van der Waals surface area contributed by atoms with E-state index in [-0.39, 0.29) is 0 Å². The zero-order valence-electron chi connectivity index (χ0n) is 9.64. The molecule has 0 aliphatic rings. The van der Waals surface area contributed by atoms with Gasteiger partial charge < -0.3 is 5.32 Å². The van der Waals surface area contributed by atoms with Gasteiger partial charge in [0.15, 0.2) is 0 Å². The highest BCUT2D eigenvalue weighted by Gasteiger charge is 2.03. The Morgan fingerprint density at radius 1 is 1.18 bits per heavy atom. The molecule has 3 nitrogen and oxygen atoms in total. The largest absolute Gasteiger partial charge is 0.365 e. The normalized spacial score (nSPS) is 9.65. The highest BCUT2D eigenvalue weighted by molar-refractivity contribution is 5.52. The standard InChI is InChI=1S/C14H13N3/c1-11-7-8-13(9-15)14(17-11)16-10-12-5-3-2-4-6-12/h2-8H,10H2,1H3,(H,16,17). The summed E-state index contributed by atoms with van der Waals surface area (Å²) >= 11 is 0. The molecule has 0 spiro atoms. The van der Waals surface area contributed by atoms with E-state index in [1.165, 1.54) is 5.56 Å². The number of aromatic nitrogens is 1. The third-order valence-corrected chi connectivity index (χ3v) is 2.46. The summed E-state index contributed by atoms with van der Waals surface area (Å²) in [5, 5.41) is 12.2. The van der Waals surface area contributed by atoms with Crippen LogP contribution in [0.5, 0.6) is 0 Å². The molecule has 0 bridgehead atoms. The second kappa shape index (κ2) is 5.13. The van der Waals surface area contributed by atoms with Crippen LogP contribution in [0, 0.1) is 18.3 Å². The fourth-order valence-electron chi connectivity index (χ4n) is 1.56. The highest BCUT2D eigenvalue weighted by atomic mass is 15.0. The van der Waals surface area contributed by atoms with Gasteiger partial charge >= 0.3 is 0 Å². The van der Waals surface area contributed by atoms with Crippen molar-refractivity contribution >= 4 is 5.82 Å². The Hall–Kier alpha value is -2.34. The van der Waals surface area contributed by atoms with Crippen LogP contribution in [-0.4, -0.2) is 4.98 Å². The average molecular weight is 223 g/mol. The number of anilines is 1. The van der Waals surface area contributed by atoms with E-state index in [2.05, 4.69) is 16.4 Å². The first-order valence-electron chi connectivity index (χ1n) is 5.45. The molecule has 0 unspecified atom stereocenters. The highest BCUT2D eigenvalue weighted by Crippen LogP contribution is 2.13. The smallest absolute Gasteiger partial charge is 0.144 e. The molecular formula is C14H13N3. The molecule has 0 fully saturated rings.